The molecule has 0 bridgehead atoms. The summed E-state index contributed by atoms with van der Waals surface area (Å²) < 4.78 is 8.36. The fourth-order valence-corrected chi connectivity index (χ4v) is 7.09. The highest BCUT2D eigenvalue weighted by atomic mass is 79.9. The van der Waals surface area contributed by atoms with Gasteiger partial charge in [-0.3, -0.25) is 9.36 Å². The summed E-state index contributed by atoms with van der Waals surface area (Å²) in [4.78, 5) is 27.0. The lowest BCUT2D eigenvalue weighted by Gasteiger charge is -2.12. The Balaban J connectivity index is 1.27. The van der Waals surface area contributed by atoms with Crippen LogP contribution in [0.2, 0.25) is 0 Å². The summed E-state index contributed by atoms with van der Waals surface area (Å²) >= 11 is 6.55. The molecule has 0 saturated carbocycles. The fourth-order valence-electron chi connectivity index (χ4n) is 4.65. The molecule has 10 heteroatoms. The van der Waals surface area contributed by atoms with Crippen LogP contribution < -0.4 is 5.32 Å². The minimum absolute atomic E-state index is 0.242. The molecular weight excluding hydrogens is 608 g/mol. The second kappa shape index (κ2) is 13.0. The third-order valence-corrected chi connectivity index (χ3v) is 9.37. The first-order chi connectivity index (χ1) is 19.5. The van der Waals surface area contributed by atoms with E-state index in [0.29, 0.717) is 35.0 Å². The Bertz CT molecular complexity index is 1530. The van der Waals surface area contributed by atoms with E-state index in [4.69, 9.17) is 4.74 Å². The van der Waals surface area contributed by atoms with Crippen molar-refractivity contribution in [2.24, 2.45) is 0 Å². The molecule has 0 radical (unpaired) electrons. The van der Waals surface area contributed by atoms with Crippen LogP contribution in [0.5, 0.6) is 0 Å². The quantitative estimate of drug-likeness (QED) is 0.110. The molecule has 1 N–H and O–H groups in total. The molecule has 0 spiro atoms. The maximum atomic E-state index is 13.1. The molecule has 0 atom stereocenters. The number of amides is 1. The van der Waals surface area contributed by atoms with E-state index in [2.05, 4.69) is 38.0 Å². The fraction of sp³-hybridized carbons (Fsp3) is 0.267. The van der Waals surface area contributed by atoms with Gasteiger partial charge < -0.3 is 10.1 Å². The highest BCUT2D eigenvalue weighted by Gasteiger charge is 2.27. The number of benzene rings is 2. The zero-order chi connectivity index (χ0) is 28.1. The number of esters is 1. The van der Waals surface area contributed by atoms with Crippen molar-refractivity contribution < 1.29 is 14.3 Å². The molecular formula is C30H29BrN4O3S2. The second-order valence-electron chi connectivity index (χ2n) is 9.29. The Morgan fingerprint density at radius 1 is 1.12 bits per heavy atom. The Labute approximate surface area is 250 Å². The Kier molecular flexibility index (Phi) is 9.18. The Morgan fingerprint density at radius 2 is 1.88 bits per heavy atom. The first kappa shape index (κ1) is 28.3. The molecule has 0 unspecified atom stereocenters. The second-order valence-corrected chi connectivity index (χ2v) is 12.3. The van der Waals surface area contributed by atoms with Gasteiger partial charge in [0.25, 0.3) is 5.91 Å². The van der Waals surface area contributed by atoms with E-state index in [0.717, 1.165) is 57.8 Å². The van der Waals surface area contributed by atoms with Crippen molar-refractivity contribution in [3.8, 4) is 11.4 Å². The van der Waals surface area contributed by atoms with Crippen LogP contribution in [0.25, 0.3) is 11.4 Å². The molecule has 206 valence electrons. The molecule has 4 aromatic rings. The summed E-state index contributed by atoms with van der Waals surface area (Å²) in [6.07, 6.45) is 5.74. The van der Waals surface area contributed by atoms with Crippen molar-refractivity contribution in [1.82, 2.24) is 14.8 Å². The summed E-state index contributed by atoms with van der Waals surface area (Å²) in [6, 6.07) is 15.5. The summed E-state index contributed by atoms with van der Waals surface area (Å²) in [5.41, 5.74) is 4.12. The van der Waals surface area contributed by atoms with Crippen LogP contribution in [0.1, 0.15) is 56.5 Å². The predicted octanol–water partition coefficient (Wildman–Crippen LogP) is 7.56. The average Bonchev–Trinajstić information content (AvgIpc) is 3.53. The van der Waals surface area contributed by atoms with Gasteiger partial charge in [-0.05, 0) is 68.0 Å². The standard InChI is InChI=1S/C30H29BrN4O3S2/c1-3-17-35-26(20-13-15-22(31)16-14-20)33-34-30(35)39-18-19-9-11-21(12-10-19)27(36)32-28-25(29(37)38-4-2)23-7-5-6-8-24(23)40-28/h3,9-16H,1,4-8,17-18H2,2H3,(H,32,36). The third kappa shape index (κ3) is 6.24. The molecule has 1 aliphatic carbocycles. The van der Waals surface area contributed by atoms with E-state index >= 15 is 0 Å². The lowest BCUT2D eigenvalue weighted by Crippen LogP contribution is -2.15. The number of anilines is 1. The zero-order valence-corrected chi connectivity index (χ0v) is 25.3. The number of nitrogens with one attached hydrogen (secondary N) is 1. The summed E-state index contributed by atoms with van der Waals surface area (Å²) in [7, 11) is 0. The number of thioether (sulfide) groups is 1. The van der Waals surface area contributed by atoms with Crippen LogP contribution in [0.3, 0.4) is 0 Å². The summed E-state index contributed by atoms with van der Waals surface area (Å²) in [5, 5.41) is 13.2. The molecule has 7 nitrogen and oxygen atoms in total. The highest BCUT2D eigenvalue weighted by molar-refractivity contribution is 9.10. The van der Waals surface area contributed by atoms with Crippen LogP contribution in [0, 0.1) is 0 Å². The number of fused-ring (bicyclic) bond motifs is 1. The molecule has 1 aliphatic rings. The van der Waals surface area contributed by atoms with Gasteiger partial charge in [-0.1, -0.05) is 58.0 Å². The van der Waals surface area contributed by atoms with Crippen molar-refractivity contribution in [3.63, 3.8) is 0 Å². The molecule has 2 aromatic carbocycles. The van der Waals surface area contributed by atoms with E-state index in [1.54, 1.807) is 18.7 Å². The van der Waals surface area contributed by atoms with Crippen molar-refractivity contribution in [2.45, 2.75) is 50.1 Å². The monoisotopic (exact) mass is 636 g/mol. The van der Waals surface area contributed by atoms with Crippen molar-refractivity contribution in [1.29, 1.82) is 0 Å². The number of carbonyl (C=O) groups excluding carboxylic acids is 2. The first-order valence-corrected chi connectivity index (χ1v) is 15.7. The minimum atomic E-state index is -0.364. The molecule has 40 heavy (non-hydrogen) atoms. The summed E-state index contributed by atoms with van der Waals surface area (Å²) in [6.45, 7) is 6.57. The molecule has 5 rings (SSSR count). The third-order valence-electron chi connectivity index (χ3n) is 6.59. The molecule has 2 aromatic heterocycles. The van der Waals surface area contributed by atoms with Crippen molar-refractivity contribution in [2.75, 3.05) is 11.9 Å². The number of hydrogen-bond acceptors (Lipinski definition) is 7. The molecule has 1 amide bonds. The average molecular weight is 638 g/mol. The smallest absolute Gasteiger partial charge is 0.341 e. The highest BCUT2D eigenvalue weighted by Crippen LogP contribution is 2.39. The van der Waals surface area contributed by atoms with Gasteiger partial charge in [0.05, 0.1) is 12.2 Å². The molecule has 0 fully saturated rings. The maximum Gasteiger partial charge on any atom is 0.341 e. The zero-order valence-electron chi connectivity index (χ0n) is 22.1. The van der Waals surface area contributed by atoms with Gasteiger partial charge in [0.15, 0.2) is 11.0 Å². The van der Waals surface area contributed by atoms with E-state index in [1.807, 2.05) is 59.2 Å². The van der Waals surface area contributed by atoms with Crippen LogP contribution in [0.15, 0.2) is 70.8 Å². The van der Waals surface area contributed by atoms with Gasteiger partial charge in [-0.15, -0.1) is 28.1 Å². The van der Waals surface area contributed by atoms with E-state index < -0.39 is 0 Å². The van der Waals surface area contributed by atoms with Crippen LogP contribution in [-0.2, 0) is 29.9 Å². The Morgan fingerprint density at radius 3 is 2.60 bits per heavy atom. The number of ether oxygens (including phenoxy) is 1. The van der Waals surface area contributed by atoms with Gasteiger partial charge in [-0.2, -0.15) is 0 Å². The maximum absolute atomic E-state index is 13.1. The van der Waals surface area contributed by atoms with Crippen molar-refractivity contribution in [3.05, 3.63) is 92.8 Å². The number of hydrogen-bond donors (Lipinski definition) is 1. The number of aromatic nitrogens is 3. The van der Waals surface area contributed by atoms with E-state index in [9.17, 15) is 9.59 Å². The van der Waals surface area contributed by atoms with Crippen LogP contribution in [-0.4, -0.2) is 33.2 Å². The lowest BCUT2D eigenvalue weighted by atomic mass is 9.95. The SMILES string of the molecule is C=CCn1c(SCc2ccc(C(=O)Nc3sc4c(c3C(=O)OCC)CCCC4)cc2)nnc1-c1ccc(Br)cc1. The number of halogens is 1. The van der Waals surface area contributed by atoms with Crippen LogP contribution in [0.4, 0.5) is 5.00 Å². The van der Waals surface area contributed by atoms with E-state index in [1.165, 1.54) is 16.2 Å². The van der Waals surface area contributed by atoms with Gasteiger partial charge >= 0.3 is 5.97 Å². The number of aryl methyl sites for hydroxylation is 1. The lowest BCUT2D eigenvalue weighted by molar-refractivity contribution is 0.0526. The normalized spacial score (nSPS) is 12.6. The summed E-state index contributed by atoms with van der Waals surface area (Å²) in [5.74, 6) is 0.854. The number of allylic oxidation sites excluding steroid dienone is 1. The predicted molar refractivity (Wildman–Crippen MR) is 164 cm³/mol. The van der Waals surface area contributed by atoms with Gasteiger partial charge in [0, 0.05) is 32.8 Å². The van der Waals surface area contributed by atoms with Gasteiger partial charge in [0.1, 0.15) is 5.00 Å². The Hall–Kier alpha value is -3.21. The molecule has 2 heterocycles. The topological polar surface area (TPSA) is 86.1 Å². The number of rotatable bonds is 10. The largest absolute Gasteiger partial charge is 0.462 e. The molecule has 0 aliphatic heterocycles. The number of carbonyl (C=O) groups is 2. The minimum Gasteiger partial charge on any atom is -0.462 e. The van der Waals surface area contributed by atoms with Crippen LogP contribution >= 0.6 is 39.0 Å². The number of nitrogens with zero attached hydrogens (tertiary/aromatic N) is 3. The van der Waals surface area contributed by atoms with Crippen molar-refractivity contribution >= 4 is 55.9 Å². The van der Waals surface area contributed by atoms with Gasteiger partial charge in [0.2, 0.25) is 0 Å². The van der Waals surface area contributed by atoms with E-state index in [-0.39, 0.29) is 11.9 Å². The van der Waals surface area contributed by atoms with Gasteiger partial charge in [-0.25, -0.2) is 4.79 Å². The molecule has 0 saturated heterocycles. The number of thiophene rings is 1. The first-order valence-electron chi connectivity index (χ1n) is 13.1.